The average molecular weight is 312 g/mol. The van der Waals surface area contributed by atoms with Crippen molar-refractivity contribution in [3.63, 3.8) is 0 Å². The van der Waals surface area contributed by atoms with Crippen LogP contribution in [0.3, 0.4) is 0 Å². The molecule has 1 fully saturated rings. The fourth-order valence-corrected chi connectivity index (χ4v) is 3.55. The summed E-state index contributed by atoms with van der Waals surface area (Å²) < 4.78 is 37.4. The average Bonchev–Trinajstić information content (AvgIpc) is 3.01. The van der Waals surface area contributed by atoms with Gasteiger partial charge in [-0.2, -0.15) is 13.2 Å². The lowest BCUT2D eigenvalue weighted by atomic mass is 10.1. The van der Waals surface area contributed by atoms with Gasteiger partial charge in [0.1, 0.15) is 6.54 Å². The molecule has 0 spiro atoms. The maximum Gasteiger partial charge on any atom is 0.406 e. The second-order valence-electron chi connectivity index (χ2n) is 6.18. The fourth-order valence-electron chi connectivity index (χ4n) is 3.55. The predicted octanol–water partition coefficient (Wildman–Crippen LogP) is 2.25. The standard InChI is InChI=1S/C16H19F3N2O/c1-20(13-8-11-4-2-3-5-12(11)9-13)14-6-7-21(15(14)22)10-16(17,18)19/h2-5,13-14H,6-10H2,1H3/t14-/m0/s1. The Kier molecular flexibility index (Phi) is 3.89. The molecule has 22 heavy (non-hydrogen) atoms. The number of hydrogen-bond acceptors (Lipinski definition) is 2. The Morgan fingerprint density at radius 1 is 1.23 bits per heavy atom. The number of fused-ring (bicyclic) bond motifs is 1. The highest BCUT2D eigenvalue weighted by Crippen LogP contribution is 2.29. The SMILES string of the molecule is CN(C1Cc2ccccc2C1)[C@H]1CCN(CC(F)(F)F)C1=O. The molecule has 0 bridgehead atoms. The van der Waals surface area contributed by atoms with Gasteiger partial charge in [0.05, 0.1) is 6.04 Å². The number of likely N-dealkylation sites (tertiary alicyclic amines) is 1. The molecule has 1 aliphatic carbocycles. The second kappa shape index (κ2) is 5.57. The van der Waals surface area contributed by atoms with Crippen molar-refractivity contribution in [3.8, 4) is 0 Å². The van der Waals surface area contributed by atoms with Gasteiger partial charge in [0.25, 0.3) is 0 Å². The zero-order valence-electron chi connectivity index (χ0n) is 12.4. The largest absolute Gasteiger partial charge is 0.406 e. The second-order valence-corrected chi connectivity index (χ2v) is 6.18. The summed E-state index contributed by atoms with van der Waals surface area (Å²) in [5, 5.41) is 0. The summed E-state index contributed by atoms with van der Waals surface area (Å²) in [5.74, 6) is -0.393. The van der Waals surface area contributed by atoms with Crippen LogP contribution in [-0.4, -0.2) is 54.1 Å². The first-order valence-electron chi connectivity index (χ1n) is 7.49. The lowest BCUT2D eigenvalue weighted by Gasteiger charge is -2.29. The van der Waals surface area contributed by atoms with E-state index in [9.17, 15) is 18.0 Å². The number of rotatable bonds is 3. The topological polar surface area (TPSA) is 23.6 Å². The Morgan fingerprint density at radius 2 is 1.82 bits per heavy atom. The van der Waals surface area contributed by atoms with E-state index in [0.717, 1.165) is 17.7 Å². The fraction of sp³-hybridized carbons (Fsp3) is 0.562. The molecule has 3 rings (SSSR count). The van der Waals surface area contributed by atoms with Crippen LogP contribution in [0.15, 0.2) is 24.3 Å². The Hall–Kier alpha value is -1.56. The molecule has 1 atom stereocenters. The Bertz CT molecular complexity index is 548. The van der Waals surface area contributed by atoms with E-state index in [0.29, 0.717) is 6.42 Å². The molecule has 1 heterocycles. The van der Waals surface area contributed by atoms with E-state index in [-0.39, 0.29) is 12.6 Å². The van der Waals surface area contributed by atoms with Crippen molar-refractivity contribution in [1.82, 2.24) is 9.80 Å². The third-order valence-electron chi connectivity index (χ3n) is 4.74. The molecule has 3 nitrogen and oxygen atoms in total. The highest BCUT2D eigenvalue weighted by Gasteiger charge is 2.42. The molecule has 0 N–H and O–H groups in total. The van der Waals surface area contributed by atoms with Crippen LogP contribution in [0.4, 0.5) is 13.2 Å². The molecule has 6 heteroatoms. The van der Waals surface area contributed by atoms with E-state index in [1.165, 1.54) is 11.1 Å². The van der Waals surface area contributed by atoms with Gasteiger partial charge in [-0.25, -0.2) is 0 Å². The molecule has 1 aromatic rings. The summed E-state index contributed by atoms with van der Waals surface area (Å²) in [6, 6.07) is 7.91. The van der Waals surface area contributed by atoms with Gasteiger partial charge in [0.2, 0.25) is 5.91 Å². The van der Waals surface area contributed by atoms with Gasteiger partial charge >= 0.3 is 6.18 Å². The number of hydrogen-bond donors (Lipinski definition) is 0. The van der Waals surface area contributed by atoms with Gasteiger partial charge in [-0.3, -0.25) is 9.69 Å². The van der Waals surface area contributed by atoms with Crippen molar-refractivity contribution in [2.24, 2.45) is 0 Å². The normalized spacial score (nSPS) is 22.7. The number of carbonyl (C=O) groups excluding carboxylic acids is 1. The van der Waals surface area contributed by atoms with E-state index in [4.69, 9.17) is 0 Å². The molecule has 1 aliphatic heterocycles. The summed E-state index contributed by atoms with van der Waals surface area (Å²) in [4.78, 5) is 15.1. The summed E-state index contributed by atoms with van der Waals surface area (Å²) in [5.41, 5.74) is 2.55. The quantitative estimate of drug-likeness (QED) is 0.855. The van der Waals surface area contributed by atoms with Crippen molar-refractivity contribution in [1.29, 1.82) is 0 Å². The van der Waals surface area contributed by atoms with Crippen LogP contribution in [-0.2, 0) is 17.6 Å². The van der Waals surface area contributed by atoms with Crippen molar-refractivity contribution < 1.29 is 18.0 Å². The summed E-state index contributed by atoms with van der Waals surface area (Å²) in [6.45, 7) is -0.950. The number of halogens is 3. The zero-order chi connectivity index (χ0) is 15.9. The number of amides is 1. The molecule has 0 aromatic heterocycles. The summed E-state index contributed by atoms with van der Waals surface area (Å²) in [6.07, 6.45) is -2.14. The van der Waals surface area contributed by atoms with E-state index < -0.39 is 24.7 Å². The third kappa shape index (κ3) is 2.97. The third-order valence-corrected chi connectivity index (χ3v) is 4.74. The van der Waals surface area contributed by atoms with Gasteiger partial charge in [0, 0.05) is 12.6 Å². The first-order chi connectivity index (χ1) is 10.3. The summed E-state index contributed by atoms with van der Waals surface area (Å²) >= 11 is 0. The number of alkyl halides is 3. The molecular formula is C16H19F3N2O. The molecule has 0 radical (unpaired) electrons. The molecule has 120 valence electrons. The van der Waals surface area contributed by atoms with Crippen LogP contribution in [0.1, 0.15) is 17.5 Å². The molecular weight excluding hydrogens is 293 g/mol. The van der Waals surface area contributed by atoms with E-state index in [1.54, 1.807) is 0 Å². The minimum absolute atomic E-state index is 0.188. The maximum absolute atomic E-state index is 12.5. The van der Waals surface area contributed by atoms with Crippen LogP contribution in [0.25, 0.3) is 0 Å². The molecule has 0 saturated carbocycles. The smallest absolute Gasteiger partial charge is 0.332 e. The maximum atomic E-state index is 12.5. The van der Waals surface area contributed by atoms with Crippen molar-refractivity contribution in [2.75, 3.05) is 20.1 Å². The first kappa shape index (κ1) is 15.3. The van der Waals surface area contributed by atoms with Crippen molar-refractivity contribution >= 4 is 5.91 Å². The van der Waals surface area contributed by atoms with Gasteiger partial charge in [-0.05, 0) is 37.4 Å². The number of benzene rings is 1. The first-order valence-corrected chi connectivity index (χ1v) is 7.49. The van der Waals surface area contributed by atoms with Crippen LogP contribution >= 0.6 is 0 Å². The van der Waals surface area contributed by atoms with Gasteiger partial charge in [0.15, 0.2) is 0 Å². The molecule has 1 amide bonds. The molecule has 1 aromatic carbocycles. The Labute approximate surface area is 127 Å². The molecule has 2 aliphatic rings. The van der Waals surface area contributed by atoms with Crippen molar-refractivity contribution in [2.45, 2.75) is 37.5 Å². The van der Waals surface area contributed by atoms with Crippen LogP contribution in [0, 0.1) is 0 Å². The molecule has 0 unspecified atom stereocenters. The number of nitrogens with zero attached hydrogens (tertiary/aromatic N) is 2. The van der Waals surface area contributed by atoms with Crippen LogP contribution < -0.4 is 0 Å². The highest BCUT2D eigenvalue weighted by atomic mass is 19.4. The van der Waals surface area contributed by atoms with Crippen LogP contribution in [0.2, 0.25) is 0 Å². The van der Waals surface area contributed by atoms with Gasteiger partial charge in [-0.1, -0.05) is 24.3 Å². The lowest BCUT2D eigenvalue weighted by molar-refractivity contribution is -0.159. The van der Waals surface area contributed by atoms with Crippen LogP contribution in [0.5, 0.6) is 0 Å². The summed E-state index contributed by atoms with van der Waals surface area (Å²) in [7, 11) is 1.86. The molecule has 1 saturated heterocycles. The predicted molar refractivity (Wildman–Crippen MR) is 76.4 cm³/mol. The van der Waals surface area contributed by atoms with Gasteiger partial charge < -0.3 is 4.90 Å². The highest BCUT2D eigenvalue weighted by molar-refractivity contribution is 5.84. The Morgan fingerprint density at radius 3 is 2.36 bits per heavy atom. The Balaban J connectivity index is 1.65. The van der Waals surface area contributed by atoms with Gasteiger partial charge in [-0.15, -0.1) is 0 Å². The minimum Gasteiger partial charge on any atom is -0.332 e. The zero-order valence-corrected chi connectivity index (χ0v) is 12.4. The minimum atomic E-state index is -4.33. The number of carbonyl (C=O) groups is 1. The van der Waals surface area contributed by atoms with Crippen molar-refractivity contribution in [3.05, 3.63) is 35.4 Å². The van der Waals surface area contributed by atoms with E-state index in [2.05, 4.69) is 12.1 Å². The lowest BCUT2D eigenvalue weighted by Crippen LogP contribution is -2.46. The van der Waals surface area contributed by atoms with E-state index in [1.807, 2.05) is 24.1 Å². The van der Waals surface area contributed by atoms with E-state index >= 15 is 0 Å². The number of likely N-dealkylation sites (N-methyl/N-ethyl adjacent to an activating group) is 1. The monoisotopic (exact) mass is 312 g/mol.